The Morgan fingerprint density at radius 1 is 0.927 bits per heavy atom. The van der Waals surface area contributed by atoms with Crippen LogP contribution in [-0.4, -0.2) is 27.6 Å². The Labute approximate surface area is 258 Å². The van der Waals surface area contributed by atoms with E-state index in [2.05, 4.69) is 53.9 Å². The quantitative estimate of drug-likeness (QED) is 0.138. The maximum absolute atomic E-state index is 7.35. The Kier molecular flexibility index (Phi) is 6.99. The molecule has 0 N–H and O–H groups in total. The molecule has 0 amide bonds. The molecule has 207 valence electrons. The summed E-state index contributed by atoms with van der Waals surface area (Å²) in [6.07, 6.45) is 5.50. The normalized spacial score (nSPS) is 12.7. The van der Waals surface area contributed by atoms with E-state index in [4.69, 9.17) is 13.5 Å². The van der Waals surface area contributed by atoms with E-state index in [0.717, 1.165) is 55.6 Å². The van der Waals surface area contributed by atoms with Crippen LogP contribution in [0.25, 0.3) is 55.6 Å². The van der Waals surface area contributed by atoms with Gasteiger partial charge >= 0.3 is 0 Å². The fraction of sp³-hybridized carbons (Fsp3) is 0.147. The number of furan rings is 1. The van der Waals surface area contributed by atoms with Crippen molar-refractivity contribution in [3.8, 4) is 22.6 Å². The molecule has 7 aromatic rings. The molecule has 3 aromatic carbocycles. The molecule has 7 rings (SSSR count). The number of hydrogen-bond acceptors (Lipinski definition) is 4. The standard InChI is InChI=1S/C19H12N3O.C15H18NSi.Ir/c1-22-16-11-20-10-9-15(16)21-19(22)14-7-4-6-13-12-5-2-3-8-17(12)23-18(13)14;1-12-5-7-13(8-6-12)15-10-9-14(11-16-15)17(2,3)4;/h2-6,8-11H,1H3;5-7,9-11H,1-4H3;/q2*-1;/i;1D3;. The molecule has 41 heavy (non-hydrogen) atoms. The van der Waals surface area contributed by atoms with Crippen LogP contribution in [0.3, 0.4) is 0 Å². The third-order valence-corrected chi connectivity index (χ3v) is 8.99. The van der Waals surface area contributed by atoms with Crippen LogP contribution in [0.1, 0.15) is 9.68 Å². The fourth-order valence-electron chi connectivity index (χ4n) is 4.70. The van der Waals surface area contributed by atoms with E-state index in [1.165, 1.54) is 11.3 Å². The summed E-state index contributed by atoms with van der Waals surface area (Å²) >= 11 is 0. The second-order valence-electron chi connectivity index (χ2n) is 10.7. The number of benzene rings is 3. The molecule has 4 heterocycles. The van der Waals surface area contributed by atoms with Gasteiger partial charge in [0, 0.05) is 49.0 Å². The Balaban J connectivity index is 0.000000173. The Morgan fingerprint density at radius 3 is 2.49 bits per heavy atom. The molecule has 0 unspecified atom stereocenters. The molecule has 0 fully saturated rings. The van der Waals surface area contributed by atoms with Gasteiger partial charge in [-0.2, -0.15) is 0 Å². The van der Waals surface area contributed by atoms with E-state index in [1.807, 2.05) is 66.5 Å². The van der Waals surface area contributed by atoms with Crippen LogP contribution in [0.4, 0.5) is 0 Å². The molecule has 0 saturated heterocycles. The first kappa shape index (κ1) is 24.9. The molecule has 5 nitrogen and oxygen atoms in total. The van der Waals surface area contributed by atoms with Gasteiger partial charge < -0.3 is 14.0 Å². The second-order valence-corrected chi connectivity index (χ2v) is 15.8. The van der Waals surface area contributed by atoms with Gasteiger partial charge in [0.05, 0.1) is 36.7 Å². The van der Waals surface area contributed by atoms with Gasteiger partial charge in [-0.05, 0) is 23.0 Å². The molecule has 0 aliphatic rings. The molecule has 0 saturated carbocycles. The van der Waals surface area contributed by atoms with Crippen molar-refractivity contribution in [1.82, 2.24) is 19.5 Å². The van der Waals surface area contributed by atoms with Crippen molar-refractivity contribution in [2.45, 2.75) is 26.5 Å². The number of pyridine rings is 2. The van der Waals surface area contributed by atoms with Crippen molar-refractivity contribution >= 4 is 46.2 Å². The minimum absolute atomic E-state index is 0. The molecule has 0 atom stereocenters. The Morgan fingerprint density at radius 2 is 1.78 bits per heavy atom. The van der Waals surface area contributed by atoms with E-state index < -0.39 is 14.9 Å². The fourth-order valence-corrected chi connectivity index (χ4v) is 5.73. The predicted molar refractivity (Wildman–Crippen MR) is 166 cm³/mol. The third-order valence-electron chi connectivity index (χ3n) is 6.96. The first-order chi connectivity index (χ1) is 20.5. The number of para-hydroxylation sites is 1. The van der Waals surface area contributed by atoms with Crippen molar-refractivity contribution in [3.63, 3.8) is 0 Å². The van der Waals surface area contributed by atoms with Crippen LogP contribution >= 0.6 is 0 Å². The molecule has 0 spiro atoms. The van der Waals surface area contributed by atoms with Crippen molar-refractivity contribution in [1.29, 1.82) is 0 Å². The van der Waals surface area contributed by atoms with Crippen LogP contribution < -0.4 is 5.19 Å². The van der Waals surface area contributed by atoms with Crippen LogP contribution in [0.5, 0.6) is 0 Å². The molecular weight excluding hydrogens is 701 g/mol. The van der Waals surface area contributed by atoms with E-state index in [0.29, 0.717) is 5.56 Å². The topological polar surface area (TPSA) is 56.7 Å². The van der Waals surface area contributed by atoms with Gasteiger partial charge in [-0.25, -0.2) is 0 Å². The monoisotopic (exact) mass is 734 g/mol. The van der Waals surface area contributed by atoms with E-state index in [9.17, 15) is 0 Å². The Bertz CT molecular complexity index is 2010. The Hall–Kier alpha value is -3.90. The first-order valence-electron chi connectivity index (χ1n) is 14.6. The first-order valence-corrected chi connectivity index (χ1v) is 16.6. The summed E-state index contributed by atoms with van der Waals surface area (Å²) in [5.74, 6) is 0.831. The zero-order valence-electron chi connectivity index (χ0n) is 26.2. The van der Waals surface area contributed by atoms with Gasteiger partial charge in [0.2, 0.25) is 0 Å². The molecule has 0 aliphatic heterocycles. The molecule has 4 aromatic heterocycles. The van der Waals surface area contributed by atoms with Crippen LogP contribution in [-0.2, 0) is 27.2 Å². The minimum Gasteiger partial charge on any atom is -0.501 e. The maximum Gasteiger partial charge on any atom is 0.120 e. The maximum atomic E-state index is 7.35. The van der Waals surface area contributed by atoms with Crippen molar-refractivity contribution in [2.75, 3.05) is 0 Å². The molecule has 7 heteroatoms. The summed E-state index contributed by atoms with van der Waals surface area (Å²) in [7, 11) is 0.650. The summed E-state index contributed by atoms with van der Waals surface area (Å²) < 4.78 is 30.2. The average molecular weight is 734 g/mol. The number of aromatic nitrogens is 4. The summed E-state index contributed by atoms with van der Waals surface area (Å²) in [5, 5.41) is 3.50. The third kappa shape index (κ3) is 5.66. The summed E-state index contributed by atoms with van der Waals surface area (Å²) in [4.78, 5) is 13.4. The average Bonchev–Trinajstić information content (AvgIpc) is 3.54. The molecule has 0 aliphatic carbocycles. The van der Waals surface area contributed by atoms with E-state index in [1.54, 1.807) is 18.3 Å². The van der Waals surface area contributed by atoms with Gasteiger partial charge in [0.1, 0.15) is 5.58 Å². The van der Waals surface area contributed by atoms with E-state index >= 15 is 0 Å². The number of hydrogen-bond donors (Lipinski definition) is 0. The van der Waals surface area contributed by atoms with Crippen LogP contribution in [0.2, 0.25) is 19.6 Å². The summed E-state index contributed by atoms with van der Waals surface area (Å²) in [6, 6.07) is 29.2. The minimum atomic E-state index is -2.08. The van der Waals surface area contributed by atoms with Gasteiger partial charge in [-0.1, -0.05) is 67.8 Å². The number of aryl methyl sites for hydroxylation is 2. The van der Waals surface area contributed by atoms with Crippen molar-refractivity contribution in [3.05, 3.63) is 109 Å². The second kappa shape index (κ2) is 11.5. The van der Waals surface area contributed by atoms with E-state index in [-0.39, 0.29) is 20.1 Å². The van der Waals surface area contributed by atoms with Gasteiger partial charge in [0.25, 0.3) is 0 Å². The predicted octanol–water partition coefficient (Wildman–Crippen LogP) is 7.73. The smallest absolute Gasteiger partial charge is 0.120 e. The zero-order valence-corrected chi connectivity index (χ0v) is 26.6. The molecular formula is C34H30IrN4OSi-2. The van der Waals surface area contributed by atoms with Crippen molar-refractivity contribution in [2.24, 2.45) is 7.05 Å². The van der Waals surface area contributed by atoms with Crippen LogP contribution in [0.15, 0.2) is 95.8 Å². The largest absolute Gasteiger partial charge is 0.501 e. The number of rotatable bonds is 3. The molecule has 1 radical (unpaired) electrons. The summed E-state index contributed by atoms with van der Waals surface area (Å²) in [6.45, 7) is 4.76. The number of nitrogens with zero attached hydrogens (tertiary/aromatic N) is 4. The van der Waals surface area contributed by atoms with Crippen LogP contribution in [0, 0.1) is 19.0 Å². The number of fused-ring (bicyclic) bond motifs is 4. The van der Waals surface area contributed by atoms with Gasteiger partial charge in [0.15, 0.2) is 0 Å². The van der Waals surface area contributed by atoms with Crippen molar-refractivity contribution < 1.29 is 28.6 Å². The zero-order chi connectivity index (χ0) is 30.4. The summed E-state index contributed by atoms with van der Waals surface area (Å²) in [5.41, 5.74) is 6.42. The van der Waals surface area contributed by atoms with Gasteiger partial charge in [-0.15, -0.1) is 53.6 Å². The number of imidazole rings is 1. The van der Waals surface area contributed by atoms with Gasteiger partial charge in [-0.3, -0.25) is 9.97 Å². The molecule has 0 bridgehead atoms. The SMILES string of the molecule is Cn1c(-c2[c-]ccc3c2oc2ccccc23)nc2ccncc21.[2H]C([2H])([2H])c1c[c-]c(-c2ccc([Si](C)(C)C)cn2)cc1.[Ir].